The molecule has 0 radical (unpaired) electrons. The van der Waals surface area contributed by atoms with Crippen molar-refractivity contribution < 1.29 is 14.6 Å². The molecule has 1 saturated carbocycles. The number of aliphatic hydroxyl groups is 1. The van der Waals surface area contributed by atoms with E-state index in [0.29, 0.717) is 19.1 Å². The third-order valence-corrected chi connectivity index (χ3v) is 3.88. The molecule has 0 amide bonds. The van der Waals surface area contributed by atoms with Crippen LogP contribution in [0.2, 0.25) is 0 Å². The van der Waals surface area contributed by atoms with Gasteiger partial charge in [-0.3, -0.25) is 0 Å². The van der Waals surface area contributed by atoms with Crippen molar-refractivity contribution in [2.24, 2.45) is 11.3 Å². The maximum absolute atomic E-state index is 10.3. The Labute approximate surface area is 101 Å². The second kappa shape index (κ2) is 3.64. The highest BCUT2D eigenvalue weighted by atomic mass is 16.6. The van der Waals surface area contributed by atoms with Crippen LogP contribution in [0.4, 0.5) is 0 Å². The quantitative estimate of drug-likeness (QED) is 0.854. The second-order valence-corrected chi connectivity index (χ2v) is 5.65. The van der Waals surface area contributed by atoms with Crippen molar-refractivity contribution in [1.82, 2.24) is 0 Å². The van der Waals surface area contributed by atoms with E-state index in [9.17, 15) is 5.11 Å². The van der Waals surface area contributed by atoms with E-state index in [2.05, 4.69) is 13.8 Å². The lowest BCUT2D eigenvalue weighted by Crippen LogP contribution is -2.16. The summed E-state index contributed by atoms with van der Waals surface area (Å²) in [7, 11) is 0. The van der Waals surface area contributed by atoms with Crippen LogP contribution in [0, 0.1) is 11.3 Å². The summed E-state index contributed by atoms with van der Waals surface area (Å²) in [6.45, 7) is 5.57. The van der Waals surface area contributed by atoms with Gasteiger partial charge in [-0.05, 0) is 35.4 Å². The minimum absolute atomic E-state index is 0.271. The van der Waals surface area contributed by atoms with Gasteiger partial charge >= 0.3 is 0 Å². The molecule has 3 nitrogen and oxygen atoms in total. The van der Waals surface area contributed by atoms with Gasteiger partial charge in [0.15, 0.2) is 11.5 Å². The first kappa shape index (κ1) is 10.9. The summed E-state index contributed by atoms with van der Waals surface area (Å²) in [6, 6.07) is 5.74. The highest BCUT2D eigenvalue weighted by Gasteiger charge is 2.50. The van der Waals surface area contributed by atoms with Gasteiger partial charge in [0, 0.05) is 0 Å². The lowest BCUT2D eigenvalue weighted by atomic mass is 9.99. The van der Waals surface area contributed by atoms with Gasteiger partial charge in [0.1, 0.15) is 13.2 Å². The van der Waals surface area contributed by atoms with Gasteiger partial charge in [-0.25, -0.2) is 0 Å². The molecule has 1 aromatic rings. The summed E-state index contributed by atoms with van der Waals surface area (Å²) in [5, 5.41) is 10.3. The maximum atomic E-state index is 10.3. The molecule has 1 fully saturated rings. The van der Waals surface area contributed by atoms with Crippen LogP contribution in [0.25, 0.3) is 0 Å². The van der Waals surface area contributed by atoms with E-state index in [1.165, 1.54) is 0 Å². The van der Waals surface area contributed by atoms with E-state index in [0.717, 1.165) is 23.5 Å². The number of hydrogen-bond donors (Lipinski definition) is 1. The average molecular weight is 234 g/mol. The molecule has 1 heterocycles. The number of fused-ring (bicyclic) bond motifs is 1. The van der Waals surface area contributed by atoms with E-state index < -0.39 is 0 Å². The van der Waals surface area contributed by atoms with E-state index in [1.54, 1.807) is 0 Å². The summed E-state index contributed by atoms with van der Waals surface area (Å²) < 4.78 is 11.0. The van der Waals surface area contributed by atoms with Crippen LogP contribution in [-0.2, 0) is 0 Å². The van der Waals surface area contributed by atoms with Crippen molar-refractivity contribution in [2.45, 2.75) is 26.4 Å². The van der Waals surface area contributed by atoms with Crippen molar-refractivity contribution in [3.63, 3.8) is 0 Å². The molecular formula is C14H18O3. The van der Waals surface area contributed by atoms with Crippen LogP contribution >= 0.6 is 0 Å². The normalized spacial score (nSPS) is 26.4. The molecule has 1 aliphatic carbocycles. The maximum Gasteiger partial charge on any atom is 0.161 e. The van der Waals surface area contributed by atoms with Gasteiger partial charge in [-0.15, -0.1) is 0 Å². The average Bonchev–Trinajstić information content (AvgIpc) is 2.97. The van der Waals surface area contributed by atoms with Crippen molar-refractivity contribution in [2.75, 3.05) is 13.2 Å². The van der Waals surface area contributed by atoms with Crippen molar-refractivity contribution >= 4 is 0 Å². The summed E-state index contributed by atoms with van der Waals surface area (Å²) in [6.07, 6.45) is 0.698. The Kier molecular flexibility index (Phi) is 2.33. The van der Waals surface area contributed by atoms with Crippen molar-refractivity contribution in [1.29, 1.82) is 0 Å². The molecule has 1 aromatic carbocycles. The van der Waals surface area contributed by atoms with Crippen molar-refractivity contribution in [3.8, 4) is 11.5 Å². The molecule has 17 heavy (non-hydrogen) atoms. The summed E-state index contributed by atoms with van der Waals surface area (Å²) in [5.41, 5.74) is 1.21. The lowest BCUT2D eigenvalue weighted by Gasteiger charge is -2.20. The molecule has 1 aliphatic heterocycles. The lowest BCUT2D eigenvalue weighted by molar-refractivity contribution is 0.136. The van der Waals surface area contributed by atoms with E-state index in [4.69, 9.17) is 9.47 Å². The summed E-state index contributed by atoms with van der Waals surface area (Å²) >= 11 is 0. The van der Waals surface area contributed by atoms with Crippen LogP contribution in [0.1, 0.15) is 31.9 Å². The molecule has 92 valence electrons. The standard InChI is InChI=1S/C14H18O3/c1-14(2)8-10(14)13(15)9-3-4-11-12(7-9)17-6-5-16-11/h3-4,7,10,13,15H,5-6,8H2,1-2H3. The molecule has 0 saturated heterocycles. The number of ether oxygens (including phenoxy) is 2. The molecule has 0 bridgehead atoms. The Morgan fingerprint density at radius 3 is 2.53 bits per heavy atom. The molecule has 0 spiro atoms. The van der Waals surface area contributed by atoms with Crippen molar-refractivity contribution in [3.05, 3.63) is 23.8 Å². The molecule has 2 unspecified atom stereocenters. The zero-order valence-electron chi connectivity index (χ0n) is 10.3. The van der Waals surface area contributed by atoms with Crippen LogP contribution in [-0.4, -0.2) is 18.3 Å². The van der Waals surface area contributed by atoms with Gasteiger partial charge in [0.25, 0.3) is 0 Å². The fraction of sp³-hybridized carbons (Fsp3) is 0.571. The van der Waals surface area contributed by atoms with E-state index in [1.807, 2.05) is 18.2 Å². The van der Waals surface area contributed by atoms with Gasteiger partial charge in [-0.1, -0.05) is 19.9 Å². The Morgan fingerprint density at radius 1 is 1.24 bits per heavy atom. The topological polar surface area (TPSA) is 38.7 Å². The largest absolute Gasteiger partial charge is 0.486 e. The van der Waals surface area contributed by atoms with E-state index >= 15 is 0 Å². The first-order valence-electron chi connectivity index (χ1n) is 6.15. The van der Waals surface area contributed by atoms with Gasteiger partial charge in [0.2, 0.25) is 0 Å². The summed E-state index contributed by atoms with van der Waals surface area (Å²) in [4.78, 5) is 0. The molecule has 1 N–H and O–H groups in total. The minimum atomic E-state index is -0.388. The zero-order chi connectivity index (χ0) is 12.0. The Morgan fingerprint density at radius 2 is 1.88 bits per heavy atom. The van der Waals surface area contributed by atoms with Crippen LogP contribution < -0.4 is 9.47 Å². The van der Waals surface area contributed by atoms with Gasteiger partial charge < -0.3 is 14.6 Å². The van der Waals surface area contributed by atoms with E-state index in [-0.39, 0.29) is 11.5 Å². The van der Waals surface area contributed by atoms with Crippen LogP contribution in [0.3, 0.4) is 0 Å². The predicted octanol–water partition coefficient (Wildman–Crippen LogP) is 2.54. The predicted molar refractivity (Wildman–Crippen MR) is 64.3 cm³/mol. The number of rotatable bonds is 2. The Hall–Kier alpha value is -1.22. The van der Waals surface area contributed by atoms with Gasteiger partial charge in [-0.2, -0.15) is 0 Å². The molecule has 2 atom stereocenters. The molecule has 3 heteroatoms. The highest BCUT2D eigenvalue weighted by Crippen LogP contribution is 2.58. The third kappa shape index (κ3) is 1.89. The second-order valence-electron chi connectivity index (χ2n) is 5.65. The minimum Gasteiger partial charge on any atom is -0.486 e. The first-order valence-corrected chi connectivity index (χ1v) is 6.15. The fourth-order valence-electron chi connectivity index (χ4n) is 2.52. The smallest absolute Gasteiger partial charge is 0.161 e. The number of benzene rings is 1. The Bertz CT molecular complexity index is 439. The fourth-order valence-corrected chi connectivity index (χ4v) is 2.52. The molecule has 0 aromatic heterocycles. The Balaban J connectivity index is 1.84. The number of aliphatic hydroxyl groups excluding tert-OH is 1. The third-order valence-electron chi connectivity index (χ3n) is 3.88. The monoisotopic (exact) mass is 234 g/mol. The SMILES string of the molecule is CC1(C)CC1C(O)c1ccc2c(c1)OCCO2. The molecular weight excluding hydrogens is 216 g/mol. The first-order chi connectivity index (χ1) is 8.08. The highest BCUT2D eigenvalue weighted by molar-refractivity contribution is 5.44. The van der Waals surface area contributed by atoms with Crippen LogP contribution in [0.5, 0.6) is 11.5 Å². The molecule has 3 rings (SSSR count). The molecule has 2 aliphatic rings. The number of hydrogen-bond acceptors (Lipinski definition) is 3. The summed E-state index contributed by atoms with van der Waals surface area (Å²) in [5.74, 6) is 1.90. The zero-order valence-corrected chi connectivity index (χ0v) is 10.3. The van der Waals surface area contributed by atoms with Crippen LogP contribution in [0.15, 0.2) is 18.2 Å². The van der Waals surface area contributed by atoms with Gasteiger partial charge in [0.05, 0.1) is 6.10 Å².